The van der Waals surface area contributed by atoms with E-state index in [-0.39, 0.29) is 27.0 Å². The van der Waals surface area contributed by atoms with Gasteiger partial charge in [0, 0.05) is 30.4 Å². The number of benzene rings is 1. The summed E-state index contributed by atoms with van der Waals surface area (Å²) >= 11 is 0. The van der Waals surface area contributed by atoms with Gasteiger partial charge in [-0.25, -0.2) is 34.1 Å². The fourth-order valence-electron chi connectivity index (χ4n) is 2.90. The topological polar surface area (TPSA) is 205 Å². The Morgan fingerprint density at radius 3 is 2.54 bits per heavy atom. The zero-order chi connectivity index (χ0) is 20.5. The highest BCUT2D eigenvalue weighted by atomic mass is 32.2. The zero-order valence-corrected chi connectivity index (χ0v) is 16.3. The number of nitrogens with two attached hydrogens (primary N) is 4. The summed E-state index contributed by atoms with van der Waals surface area (Å²) in [6.07, 6.45) is 1.50. The minimum atomic E-state index is -3.80. The predicted octanol–water partition coefficient (Wildman–Crippen LogP) is -1.86. The van der Waals surface area contributed by atoms with Crippen LogP contribution in [0.5, 0.6) is 0 Å². The molecule has 1 aliphatic rings. The number of nitrogen functional groups attached to an aromatic ring is 1. The predicted molar refractivity (Wildman–Crippen MR) is 107 cm³/mol. The number of nitrogens with zero attached hydrogens (tertiary/aromatic N) is 2. The highest BCUT2D eigenvalue weighted by Crippen LogP contribution is 2.35. The Morgan fingerprint density at radius 2 is 2.00 bits per heavy atom. The van der Waals surface area contributed by atoms with Crippen LogP contribution in [-0.2, 0) is 20.8 Å². The number of rotatable bonds is 6. The van der Waals surface area contributed by atoms with Gasteiger partial charge in [-0.1, -0.05) is 6.07 Å². The molecule has 1 aliphatic heterocycles. The molecule has 1 aromatic carbocycles. The summed E-state index contributed by atoms with van der Waals surface area (Å²) in [7, 11) is -6.00. The van der Waals surface area contributed by atoms with Gasteiger partial charge in [-0.05, 0) is 23.8 Å². The first-order valence-corrected chi connectivity index (χ1v) is 10.8. The second-order valence-corrected chi connectivity index (χ2v) is 9.20. The van der Waals surface area contributed by atoms with Crippen molar-refractivity contribution in [2.45, 2.75) is 15.0 Å². The summed E-state index contributed by atoms with van der Waals surface area (Å²) in [5.74, 6) is 5.20. The van der Waals surface area contributed by atoms with Crippen LogP contribution in [0.1, 0.15) is 5.56 Å². The summed E-state index contributed by atoms with van der Waals surface area (Å²) in [5.41, 5.74) is 14.9. The highest BCUT2D eigenvalue weighted by molar-refractivity contribution is 7.93. The molecule has 0 aliphatic carbocycles. The van der Waals surface area contributed by atoms with Gasteiger partial charge in [0.2, 0.25) is 0 Å². The van der Waals surface area contributed by atoms with Crippen molar-refractivity contribution in [3.8, 4) is 11.1 Å². The van der Waals surface area contributed by atoms with E-state index in [1.165, 1.54) is 18.3 Å². The van der Waals surface area contributed by atoms with Crippen LogP contribution >= 0.6 is 0 Å². The van der Waals surface area contributed by atoms with E-state index in [0.717, 1.165) is 0 Å². The van der Waals surface area contributed by atoms with Crippen LogP contribution < -0.4 is 33.3 Å². The van der Waals surface area contributed by atoms with Crippen molar-refractivity contribution in [2.24, 2.45) is 21.8 Å². The van der Waals surface area contributed by atoms with Gasteiger partial charge in [0.25, 0.3) is 0 Å². The van der Waals surface area contributed by atoms with Gasteiger partial charge in [0.05, 0.1) is 15.0 Å². The normalized spacial score (nSPS) is 16.4. The number of nitrogens with one attached hydrogen (secondary N) is 2. The molecule has 2 heterocycles. The van der Waals surface area contributed by atoms with Crippen molar-refractivity contribution >= 4 is 32.5 Å². The maximum atomic E-state index is 13.0. The van der Waals surface area contributed by atoms with Crippen molar-refractivity contribution in [3.63, 3.8) is 0 Å². The summed E-state index contributed by atoms with van der Waals surface area (Å²) < 4.78 is 38.4. The average Bonchev–Trinajstić information content (AvgIpc) is 2.59. The largest absolute Gasteiger partial charge is 0.383 e. The Hall–Kier alpha value is -2.58. The Morgan fingerprint density at radius 1 is 1.29 bits per heavy atom. The van der Waals surface area contributed by atoms with Crippen LogP contribution in [0.2, 0.25) is 0 Å². The Labute approximate surface area is 164 Å². The zero-order valence-electron chi connectivity index (χ0n) is 14.6. The number of pyridine rings is 1. The number of hydrogen-bond acceptors (Lipinski definition) is 9. The average molecular weight is 425 g/mol. The molecule has 1 fully saturated rings. The molecule has 10 N–H and O–H groups in total. The lowest BCUT2D eigenvalue weighted by molar-refractivity contribution is 0.494. The third-order valence-corrected chi connectivity index (χ3v) is 7.50. The van der Waals surface area contributed by atoms with Crippen LogP contribution in [0.15, 0.2) is 45.4 Å². The molecule has 0 bridgehead atoms. The van der Waals surface area contributed by atoms with Crippen molar-refractivity contribution in [3.05, 3.63) is 36.0 Å². The summed E-state index contributed by atoms with van der Waals surface area (Å²) in [6, 6.07) is 6.17. The molecular weight excluding hydrogens is 404 g/mol. The number of amidine groups is 1. The van der Waals surface area contributed by atoms with E-state index in [2.05, 4.69) is 15.4 Å². The van der Waals surface area contributed by atoms with Gasteiger partial charge < -0.3 is 16.8 Å². The fourth-order valence-corrected chi connectivity index (χ4v) is 5.83. The van der Waals surface area contributed by atoms with Crippen molar-refractivity contribution in [1.82, 2.24) is 15.8 Å². The molecule has 0 saturated carbocycles. The molecule has 1 saturated heterocycles. The summed E-state index contributed by atoms with van der Waals surface area (Å²) in [6.45, 7) is 0.582. The minimum Gasteiger partial charge on any atom is -0.383 e. The standard InChI is InChI=1S/C15H20N8O3S2/c16-14-10(2-1-5-21-14)9-3-4-11(28(25,26)8-6-20-7-8)13(27(19)24)12(9)15(17)22-23-18/h1-5,8,20,23H,6-7,18-19H2,(H2,16,21)(H2,17,22). The Balaban J connectivity index is 2.38. The first kappa shape index (κ1) is 20.2. The molecule has 0 amide bonds. The molecular formula is C15H20N8O3S2. The van der Waals surface area contributed by atoms with E-state index in [1.807, 2.05) is 5.53 Å². The van der Waals surface area contributed by atoms with Crippen LogP contribution in [0, 0.1) is 0 Å². The van der Waals surface area contributed by atoms with Gasteiger partial charge in [0.15, 0.2) is 15.7 Å². The number of hydrogen-bond donors (Lipinski definition) is 6. The van der Waals surface area contributed by atoms with E-state index in [4.69, 9.17) is 22.4 Å². The second-order valence-electron chi connectivity index (χ2n) is 6.00. The first-order chi connectivity index (χ1) is 13.3. The minimum absolute atomic E-state index is 0.0619. The Kier molecular flexibility index (Phi) is 5.62. The number of sulfone groups is 1. The molecule has 1 unspecified atom stereocenters. The molecule has 0 radical (unpaired) electrons. The quantitative estimate of drug-likeness (QED) is 0.133. The number of aromatic nitrogens is 1. The third kappa shape index (κ3) is 3.45. The SMILES string of the molecule is NN/N=C(\N)c1c(-c2cccnc2N)ccc(S(=O)(=O)C2CNC2)c1S(N)=O. The summed E-state index contributed by atoms with van der Waals surface area (Å²) in [5, 5.41) is 11.6. The molecule has 0 spiro atoms. The summed E-state index contributed by atoms with van der Waals surface area (Å²) in [4.78, 5) is 3.69. The van der Waals surface area contributed by atoms with Crippen LogP contribution in [0.3, 0.4) is 0 Å². The van der Waals surface area contributed by atoms with E-state index >= 15 is 0 Å². The molecule has 28 heavy (non-hydrogen) atoms. The molecule has 3 rings (SSSR count). The van der Waals surface area contributed by atoms with Gasteiger partial charge >= 0.3 is 0 Å². The van der Waals surface area contributed by atoms with E-state index < -0.39 is 26.1 Å². The van der Waals surface area contributed by atoms with Gasteiger partial charge in [-0.3, -0.25) is 0 Å². The second kappa shape index (κ2) is 7.81. The van der Waals surface area contributed by atoms with E-state index in [1.54, 1.807) is 12.1 Å². The number of hydrazone groups is 1. The van der Waals surface area contributed by atoms with Crippen LogP contribution in [-0.4, -0.2) is 41.8 Å². The van der Waals surface area contributed by atoms with Crippen LogP contribution in [0.4, 0.5) is 5.82 Å². The molecule has 13 heteroatoms. The maximum Gasteiger partial charge on any atom is 0.185 e. The lowest BCUT2D eigenvalue weighted by Gasteiger charge is -2.28. The Bertz CT molecular complexity index is 1070. The molecule has 11 nitrogen and oxygen atoms in total. The van der Waals surface area contributed by atoms with Crippen LogP contribution in [0.25, 0.3) is 11.1 Å². The molecule has 150 valence electrons. The van der Waals surface area contributed by atoms with Crippen molar-refractivity contribution in [2.75, 3.05) is 18.8 Å². The van der Waals surface area contributed by atoms with Crippen molar-refractivity contribution < 1.29 is 12.6 Å². The monoisotopic (exact) mass is 424 g/mol. The smallest absolute Gasteiger partial charge is 0.185 e. The first-order valence-electron chi connectivity index (χ1n) is 8.06. The van der Waals surface area contributed by atoms with Gasteiger partial charge in [-0.15, -0.1) is 5.10 Å². The maximum absolute atomic E-state index is 13.0. The fraction of sp³-hybridized carbons (Fsp3) is 0.200. The molecule has 1 aromatic heterocycles. The van der Waals surface area contributed by atoms with Gasteiger partial charge in [0.1, 0.15) is 16.8 Å². The van der Waals surface area contributed by atoms with E-state index in [0.29, 0.717) is 24.2 Å². The third-order valence-electron chi connectivity index (χ3n) is 4.38. The lowest BCUT2D eigenvalue weighted by Crippen LogP contribution is -2.51. The number of hydrazine groups is 1. The highest BCUT2D eigenvalue weighted by Gasteiger charge is 2.37. The van der Waals surface area contributed by atoms with Gasteiger partial charge in [-0.2, -0.15) is 0 Å². The van der Waals surface area contributed by atoms with Crippen molar-refractivity contribution in [1.29, 1.82) is 0 Å². The number of anilines is 1. The van der Waals surface area contributed by atoms with E-state index in [9.17, 15) is 12.6 Å². The lowest BCUT2D eigenvalue weighted by atomic mass is 9.99. The molecule has 2 aromatic rings. The molecule has 1 atom stereocenters.